The lowest BCUT2D eigenvalue weighted by Crippen LogP contribution is -2.35. The number of hydrogen-bond acceptors (Lipinski definition) is 3. The monoisotopic (exact) mass is 208 g/mol. The van der Waals surface area contributed by atoms with Crippen molar-refractivity contribution in [3.63, 3.8) is 0 Å². The molecule has 0 spiro atoms. The third-order valence-corrected chi connectivity index (χ3v) is 2.01. The van der Waals surface area contributed by atoms with Crippen molar-refractivity contribution in [2.45, 2.75) is 19.9 Å². The molecule has 1 rings (SSSR count). The Balaban J connectivity index is 2.82. The molecule has 0 unspecified atom stereocenters. The number of benzene rings is 1. The number of anilines is 1. The highest BCUT2D eigenvalue weighted by Gasteiger charge is 2.09. The molecule has 1 atom stereocenters. The molecule has 4 heteroatoms. The second-order valence-electron chi connectivity index (χ2n) is 3.69. The van der Waals surface area contributed by atoms with Crippen LogP contribution in [0.25, 0.3) is 0 Å². The van der Waals surface area contributed by atoms with E-state index in [1.807, 2.05) is 6.92 Å². The van der Waals surface area contributed by atoms with Gasteiger partial charge < -0.3 is 16.2 Å². The Morgan fingerprint density at radius 1 is 1.53 bits per heavy atom. The lowest BCUT2D eigenvalue weighted by Gasteiger charge is -2.11. The molecular weight excluding hydrogens is 192 g/mol. The van der Waals surface area contributed by atoms with E-state index in [1.165, 1.54) is 0 Å². The first kappa shape index (κ1) is 11.5. The molecule has 1 aromatic carbocycles. The van der Waals surface area contributed by atoms with E-state index in [-0.39, 0.29) is 18.6 Å². The molecule has 4 nitrogen and oxygen atoms in total. The van der Waals surface area contributed by atoms with Crippen molar-refractivity contribution in [3.05, 3.63) is 29.3 Å². The molecule has 0 saturated heterocycles. The van der Waals surface area contributed by atoms with Gasteiger partial charge in [-0.05, 0) is 37.6 Å². The van der Waals surface area contributed by atoms with Crippen molar-refractivity contribution in [1.29, 1.82) is 0 Å². The van der Waals surface area contributed by atoms with Crippen molar-refractivity contribution in [2.75, 3.05) is 12.3 Å². The van der Waals surface area contributed by atoms with Gasteiger partial charge in [-0.15, -0.1) is 0 Å². The van der Waals surface area contributed by atoms with Gasteiger partial charge in [-0.3, -0.25) is 4.79 Å². The van der Waals surface area contributed by atoms with Gasteiger partial charge in [0, 0.05) is 17.3 Å². The molecule has 0 aliphatic carbocycles. The van der Waals surface area contributed by atoms with E-state index in [9.17, 15) is 4.79 Å². The van der Waals surface area contributed by atoms with Gasteiger partial charge in [0.2, 0.25) is 0 Å². The van der Waals surface area contributed by atoms with E-state index in [0.717, 1.165) is 5.56 Å². The Hall–Kier alpha value is -1.55. The summed E-state index contributed by atoms with van der Waals surface area (Å²) < 4.78 is 0. The number of nitrogen functional groups attached to an aromatic ring is 1. The molecule has 82 valence electrons. The SMILES string of the molecule is Cc1cc(N)cc(C(=O)N[C@@H](C)CO)c1. The topological polar surface area (TPSA) is 75.4 Å². The van der Waals surface area contributed by atoms with Crippen LogP contribution in [0.5, 0.6) is 0 Å². The smallest absolute Gasteiger partial charge is 0.251 e. The summed E-state index contributed by atoms with van der Waals surface area (Å²) in [6.07, 6.45) is 0. The number of hydrogen-bond donors (Lipinski definition) is 3. The van der Waals surface area contributed by atoms with E-state index < -0.39 is 0 Å². The van der Waals surface area contributed by atoms with Crippen LogP contribution in [0.3, 0.4) is 0 Å². The number of nitrogens with two attached hydrogens (primary N) is 1. The fourth-order valence-electron chi connectivity index (χ4n) is 1.30. The predicted octanol–water partition coefficient (Wildman–Crippen LogP) is 0.688. The molecule has 0 aromatic heterocycles. The fourth-order valence-corrected chi connectivity index (χ4v) is 1.30. The molecule has 0 radical (unpaired) electrons. The van der Waals surface area contributed by atoms with Gasteiger partial charge in [0.15, 0.2) is 0 Å². The van der Waals surface area contributed by atoms with Gasteiger partial charge in [-0.25, -0.2) is 0 Å². The molecule has 1 aromatic rings. The third-order valence-electron chi connectivity index (χ3n) is 2.01. The molecular formula is C11H16N2O2. The first-order chi connectivity index (χ1) is 7.02. The van der Waals surface area contributed by atoms with E-state index >= 15 is 0 Å². The maximum atomic E-state index is 11.6. The van der Waals surface area contributed by atoms with Gasteiger partial charge in [-0.1, -0.05) is 0 Å². The number of aryl methyl sites for hydroxylation is 1. The fraction of sp³-hybridized carbons (Fsp3) is 0.364. The molecule has 1 amide bonds. The van der Waals surface area contributed by atoms with Crippen molar-refractivity contribution >= 4 is 11.6 Å². The van der Waals surface area contributed by atoms with Gasteiger partial charge in [0.05, 0.1) is 6.61 Å². The summed E-state index contributed by atoms with van der Waals surface area (Å²) in [4.78, 5) is 11.6. The maximum absolute atomic E-state index is 11.6. The van der Waals surface area contributed by atoms with E-state index in [1.54, 1.807) is 25.1 Å². The molecule has 0 aliphatic rings. The Morgan fingerprint density at radius 3 is 2.73 bits per heavy atom. The Morgan fingerprint density at radius 2 is 2.20 bits per heavy atom. The minimum Gasteiger partial charge on any atom is -0.399 e. The quantitative estimate of drug-likeness (QED) is 0.640. The third kappa shape index (κ3) is 3.25. The van der Waals surface area contributed by atoms with E-state index in [0.29, 0.717) is 11.3 Å². The number of carbonyl (C=O) groups is 1. The van der Waals surface area contributed by atoms with Crippen LogP contribution in [0.2, 0.25) is 0 Å². The van der Waals surface area contributed by atoms with Crippen LogP contribution in [0.15, 0.2) is 18.2 Å². The summed E-state index contributed by atoms with van der Waals surface area (Å²) in [5, 5.41) is 11.5. The highest BCUT2D eigenvalue weighted by atomic mass is 16.3. The highest BCUT2D eigenvalue weighted by Crippen LogP contribution is 2.11. The zero-order valence-electron chi connectivity index (χ0n) is 8.95. The van der Waals surface area contributed by atoms with Gasteiger partial charge in [0.25, 0.3) is 5.91 Å². The first-order valence-corrected chi connectivity index (χ1v) is 4.82. The van der Waals surface area contributed by atoms with E-state index in [4.69, 9.17) is 10.8 Å². The van der Waals surface area contributed by atoms with Crippen LogP contribution in [-0.2, 0) is 0 Å². The van der Waals surface area contributed by atoms with Crippen LogP contribution < -0.4 is 11.1 Å². The summed E-state index contributed by atoms with van der Waals surface area (Å²) in [5.41, 5.74) is 7.66. The summed E-state index contributed by atoms with van der Waals surface area (Å²) in [6, 6.07) is 4.92. The average molecular weight is 208 g/mol. The minimum absolute atomic E-state index is 0.0764. The molecule has 0 saturated carbocycles. The van der Waals surface area contributed by atoms with Crippen LogP contribution in [0.4, 0.5) is 5.69 Å². The summed E-state index contributed by atoms with van der Waals surface area (Å²) in [7, 11) is 0. The highest BCUT2D eigenvalue weighted by molar-refractivity contribution is 5.95. The molecule has 0 aliphatic heterocycles. The minimum atomic E-state index is -0.251. The van der Waals surface area contributed by atoms with Crippen LogP contribution in [0, 0.1) is 6.92 Å². The second-order valence-corrected chi connectivity index (χ2v) is 3.69. The van der Waals surface area contributed by atoms with Crippen LogP contribution >= 0.6 is 0 Å². The standard InChI is InChI=1S/C11H16N2O2/c1-7-3-9(5-10(12)4-7)11(15)13-8(2)6-14/h3-5,8,14H,6,12H2,1-2H3,(H,13,15)/t8-/m0/s1. The van der Waals surface area contributed by atoms with Crippen LogP contribution in [-0.4, -0.2) is 23.7 Å². The Labute approximate surface area is 89.1 Å². The van der Waals surface area contributed by atoms with Crippen molar-refractivity contribution in [1.82, 2.24) is 5.32 Å². The lowest BCUT2D eigenvalue weighted by molar-refractivity contribution is 0.0922. The zero-order chi connectivity index (χ0) is 11.4. The zero-order valence-corrected chi connectivity index (χ0v) is 8.95. The summed E-state index contributed by atoms with van der Waals surface area (Å²) >= 11 is 0. The predicted molar refractivity (Wildman–Crippen MR) is 59.6 cm³/mol. The van der Waals surface area contributed by atoms with Crippen molar-refractivity contribution in [3.8, 4) is 0 Å². The Bertz CT molecular complexity index is 343. The first-order valence-electron chi connectivity index (χ1n) is 4.82. The largest absolute Gasteiger partial charge is 0.399 e. The number of rotatable bonds is 3. The molecule has 0 heterocycles. The number of amides is 1. The number of aliphatic hydroxyl groups is 1. The van der Waals surface area contributed by atoms with Gasteiger partial charge in [-0.2, -0.15) is 0 Å². The van der Waals surface area contributed by atoms with Crippen LogP contribution in [0.1, 0.15) is 22.8 Å². The number of nitrogens with one attached hydrogen (secondary N) is 1. The van der Waals surface area contributed by atoms with Gasteiger partial charge >= 0.3 is 0 Å². The number of carbonyl (C=O) groups excluding carboxylic acids is 1. The molecule has 0 bridgehead atoms. The molecule has 0 fully saturated rings. The van der Waals surface area contributed by atoms with Gasteiger partial charge in [0.1, 0.15) is 0 Å². The van der Waals surface area contributed by atoms with Crippen molar-refractivity contribution < 1.29 is 9.90 Å². The van der Waals surface area contributed by atoms with Crippen molar-refractivity contribution in [2.24, 2.45) is 0 Å². The molecule has 15 heavy (non-hydrogen) atoms. The summed E-state index contributed by atoms with van der Waals surface area (Å²) in [6.45, 7) is 3.53. The maximum Gasteiger partial charge on any atom is 0.251 e. The normalized spacial score (nSPS) is 12.2. The average Bonchev–Trinajstić information content (AvgIpc) is 2.16. The lowest BCUT2D eigenvalue weighted by atomic mass is 10.1. The Kier molecular flexibility index (Phi) is 3.68. The second kappa shape index (κ2) is 4.79. The number of aliphatic hydroxyl groups excluding tert-OH is 1. The molecule has 4 N–H and O–H groups in total. The summed E-state index contributed by atoms with van der Waals surface area (Å²) in [5.74, 6) is -0.216. The van der Waals surface area contributed by atoms with E-state index in [2.05, 4.69) is 5.32 Å².